The van der Waals surface area contributed by atoms with Crippen LogP contribution in [0.2, 0.25) is 0 Å². The fraction of sp³-hybridized carbons (Fsp3) is 0.615. The van der Waals surface area contributed by atoms with Crippen LogP contribution < -0.4 is 11.5 Å². The summed E-state index contributed by atoms with van der Waals surface area (Å²) in [5, 5.41) is 0. The van der Waals surface area contributed by atoms with Crippen LogP contribution in [-0.4, -0.2) is 11.0 Å². The van der Waals surface area contributed by atoms with Crippen LogP contribution in [0.4, 0.5) is 0 Å². The maximum Gasteiger partial charge on any atom is 0.0571 e. The van der Waals surface area contributed by atoms with Crippen LogP contribution in [0.5, 0.6) is 0 Å². The SMILES string of the molecule is NC1CCC(CC(N)c2ccc(I)cn2)CC1. The van der Waals surface area contributed by atoms with E-state index in [1.807, 2.05) is 12.3 Å². The van der Waals surface area contributed by atoms with Crippen LogP contribution in [0.1, 0.15) is 43.8 Å². The van der Waals surface area contributed by atoms with E-state index >= 15 is 0 Å². The van der Waals surface area contributed by atoms with Crippen molar-refractivity contribution in [1.82, 2.24) is 4.98 Å². The first kappa shape index (κ1) is 13.2. The molecule has 1 unspecified atom stereocenters. The van der Waals surface area contributed by atoms with Gasteiger partial charge in [-0.2, -0.15) is 0 Å². The predicted octanol–water partition coefficient (Wildman–Crippen LogP) is 2.59. The zero-order valence-corrected chi connectivity index (χ0v) is 12.1. The minimum atomic E-state index is 0.0753. The van der Waals surface area contributed by atoms with Gasteiger partial charge >= 0.3 is 0 Å². The summed E-state index contributed by atoms with van der Waals surface area (Å²) in [6.07, 6.45) is 7.67. The highest BCUT2D eigenvalue weighted by atomic mass is 127. The van der Waals surface area contributed by atoms with Gasteiger partial charge in [0.1, 0.15) is 0 Å². The summed E-state index contributed by atoms with van der Waals surface area (Å²) in [6, 6.07) is 4.60. The topological polar surface area (TPSA) is 64.9 Å². The molecule has 0 aliphatic heterocycles. The Morgan fingerprint density at radius 1 is 1.29 bits per heavy atom. The highest BCUT2D eigenvalue weighted by Gasteiger charge is 2.21. The summed E-state index contributed by atoms with van der Waals surface area (Å²) < 4.78 is 1.15. The average Bonchev–Trinajstić information content (AvgIpc) is 2.33. The number of rotatable bonds is 3. The Kier molecular flexibility index (Phi) is 4.76. The lowest BCUT2D eigenvalue weighted by Gasteiger charge is -2.27. The summed E-state index contributed by atoms with van der Waals surface area (Å²) in [4.78, 5) is 4.40. The second-order valence-electron chi connectivity index (χ2n) is 5.02. The molecular weight excluding hydrogens is 325 g/mol. The molecular formula is C13H20IN3. The van der Waals surface area contributed by atoms with Crippen LogP contribution in [0, 0.1) is 9.49 Å². The molecule has 1 aliphatic rings. The van der Waals surface area contributed by atoms with Gasteiger partial charge in [0.25, 0.3) is 0 Å². The Bertz CT molecular complexity index is 344. The van der Waals surface area contributed by atoms with Gasteiger partial charge in [-0.3, -0.25) is 4.98 Å². The van der Waals surface area contributed by atoms with E-state index in [9.17, 15) is 0 Å². The van der Waals surface area contributed by atoms with E-state index in [1.54, 1.807) is 0 Å². The smallest absolute Gasteiger partial charge is 0.0571 e. The maximum atomic E-state index is 6.21. The number of pyridine rings is 1. The van der Waals surface area contributed by atoms with Crippen LogP contribution in [0.15, 0.2) is 18.3 Å². The molecule has 94 valence electrons. The second kappa shape index (κ2) is 6.11. The van der Waals surface area contributed by atoms with Gasteiger partial charge in [0.15, 0.2) is 0 Å². The first-order valence-electron chi connectivity index (χ1n) is 6.27. The molecule has 1 aliphatic carbocycles. The van der Waals surface area contributed by atoms with Gasteiger partial charge in [-0.1, -0.05) is 0 Å². The lowest BCUT2D eigenvalue weighted by Crippen LogP contribution is -2.28. The first-order valence-corrected chi connectivity index (χ1v) is 7.35. The zero-order valence-electron chi connectivity index (χ0n) is 9.98. The predicted molar refractivity (Wildman–Crippen MR) is 78.4 cm³/mol. The van der Waals surface area contributed by atoms with Crippen molar-refractivity contribution in [3.05, 3.63) is 27.6 Å². The third kappa shape index (κ3) is 3.89. The molecule has 1 aromatic rings. The normalized spacial score (nSPS) is 26.8. The minimum Gasteiger partial charge on any atom is -0.328 e. The number of nitrogens with two attached hydrogens (primary N) is 2. The van der Waals surface area contributed by atoms with Crippen molar-refractivity contribution < 1.29 is 0 Å². The lowest BCUT2D eigenvalue weighted by atomic mass is 9.82. The Labute approximate surface area is 117 Å². The minimum absolute atomic E-state index is 0.0753. The van der Waals surface area contributed by atoms with Crippen molar-refractivity contribution in [3.63, 3.8) is 0 Å². The van der Waals surface area contributed by atoms with Gasteiger partial charge < -0.3 is 11.5 Å². The molecule has 17 heavy (non-hydrogen) atoms. The van der Waals surface area contributed by atoms with E-state index in [4.69, 9.17) is 11.5 Å². The van der Waals surface area contributed by atoms with E-state index in [0.717, 1.165) is 34.4 Å². The van der Waals surface area contributed by atoms with Crippen LogP contribution >= 0.6 is 22.6 Å². The van der Waals surface area contributed by atoms with Crippen LogP contribution in [0.3, 0.4) is 0 Å². The number of nitrogens with zero attached hydrogens (tertiary/aromatic N) is 1. The third-order valence-electron chi connectivity index (χ3n) is 3.61. The van der Waals surface area contributed by atoms with E-state index in [1.165, 1.54) is 12.8 Å². The molecule has 0 amide bonds. The molecule has 3 nitrogen and oxygen atoms in total. The Morgan fingerprint density at radius 2 is 2.00 bits per heavy atom. The van der Waals surface area contributed by atoms with Crippen molar-refractivity contribution in [2.45, 2.75) is 44.2 Å². The fourth-order valence-corrected chi connectivity index (χ4v) is 2.83. The van der Waals surface area contributed by atoms with Crippen LogP contribution in [-0.2, 0) is 0 Å². The highest BCUT2D eigenvalue weighted by Crippen LogP contribution is 2.30. The fourth-order valence-electron chi connectivity index (χ4n) is 2.51. The summed E-state index contributed by atoms with van der Waals surface area (Å²) >= 11 is 2.26. The molecule has 0 bridgehead atoms. The zero-order chi connectivity index (χ0) is 12.3. The molecule has 1 saturated carbocycles. The van der Waals surface area contributed by atoms with Gasteiger partial charge in [0.05, 0.1) is 5.69 Å². The third-order valence-corrected chi connectivity index (χ3v) is 4.25. The lowest BCUT2D eigenvalue weighted by molar-refractivity contribution is 0.294. The summed E-state index contributed by atoms with van der Waals surface area (Å²) in [7, 11) is 0. The molecule has 1 heterocycles. The molecule has 0 aromatic carbocycles. The van der Waals surface area contributed by atoms with Crippen molar-refractivity contribution in [2.75, 3.05) is 0 Å². The van der Waals surface area contributed by atoms with E-state index < -0.39 is 0 Å². The first-order chi connectivity index (χ1) is 8.15. The van der Waals surface area contributed by atoms with E-state index in [2.05, 4.69) is 33.6 Å². The van der Waals surface area contributed by atoms with Crippen molar-refractivity contribution in [1.29, 1.82) is 0 Å². The van der Waals surface area contributed by atoms with E-state index in [-0.39, 0.29) is 6.04 Å². The molecule has 1 aromatic heterocycles. The quantitative estimate of drug-likeness (QED) is 0.828. The van der Waals surface area contributed by atoms with Crippen molar-refractivity contribution in [3.8, 4) is 0 Å². The Hall–Kier alpha value is -0.200. The van der Waals surface area contributed by atoms with Gasteiger partial charge in [-0.25, -0.2) is 0 Å². The number of aromatic nitrogens is 1. The monoisotopic (exact) mass is 345 g/mol. The summed E-state index contributed by atoms with van der Waals surface area (Å²) in [5.41, 5.74) is 13.1. The Balaban J connectivity index is 1.88. The summed E-state index contributed by atoms with van der Waals surface area (Å²) in [6.45, 7) is 0. The van der Waals surface area contributed by atoms with Crippen LogP contribution in [0.25, 0.3) is 0 Å². The number of hydrogen-bond acceptors (Lipinski definition) is 3. The molecule has 4 heteroatoms. The highest BCUT2D eigenvalue weighted by molar-refractivity contribution is 14.1. The molecule has 0 spiro atoms. The molecule has 4 N–H and O–H groups in total. The van der Waals surface area contributed by atoms with Crippen molar-refractivity contribution in [2.24, 2.45) is 17.4 Å². The molecule has 0 saturated heterocycles. The standard InChI is InChI=1S/C13H20IN3/c14-10-3-6-13(17-8-10)12(16)7-9-1-4-11(15)5-2-9/h3,6,8-9,11-12H,1-2,4-5,7,15-16H2. The van der Waals surface area contributed by atoms with Gasteiger partial charge in [0, 0.05) is 21.9 Å². The van der Waals surface area contributed by atoms with Gasteiger partial charge in [-0.05, 0) is 72.7 Å². The van der Waals surface area contributed by atoms with Gasteiger partial charge in [-0.15, -0.1) is 0 Å². The molecule has 1 atom stereocenters. The molecule has 2 rings (SSSR count). The van der Waals surface area contributed by atoms with Gasteiger partial charge in [0.2, 0.25) is 0 Å². The maximum absolute atomic E-state index is 6.21. The van der Waals surface area contributed by atoms with Crippen molar-refractivity contribution >= 4 is 22.6 Å². The summed E-state index contributed by atoms with van der Waals surface area (Å²) in [5.74, 6) is 0.728. The number of halogens is 1. The number of hydrogen-bond donors (Lipinski definition) is 2. The average molecular weight is 345 g/mol. The molecule has 0 radical (unpaired) electrons. The second-order valence-corrected chi connectivity index (χ2v) is 6.27. The molecule has 1 fully saturated rings. The largest absolute Gasteiger partial charge is 0.328 e. The van der Waals surface area contributed by atoms with E-state index in [0.29, 0.717) is 6.04 Å². The Morgan fingerprint density at radius 3 is 2.59 bits per heavy atom.